The Labute approximate surface area is 119 Å². The molecule has 0 amide bonds. The number of ether oxygens (including phenoxy) is 1. The molecule has 0 spiro atoms. The highest BCUT2D eigenvalue weighted by atomic mass is 31.3. The third-order valence-corrected chi connectivity index (χ3v) is 5.49. The van der Waals surface area contributed by atoms with E-state index in [4.69, 9.17) is 19.6 Å². The van der Waals surface area contributed by atoms with Crippen molar-refractivity contribution in [2.45, 2.75) is 13.3 Å². The highest BCUT2D eigenvalue weighted by Crippen LogP contribution is 2.65. The van der Waals surface area contributed by atoms with Gasteiger partial charge in [0.25, 0.3) is 0 Å². The Morgan fingerprint density at radius 2 is 1.62 bits per heavy atom. The Bertz CT molecular complexity index is 534. The van der Waals surface area contributed by atoms with Gasteiger partial charge in [-0.25, -0.2) is 13.4 Å². The molecule has 0 heterocycles. The van der Waals surface area contributed by atoms with E-state index in [1.165, 1.54) is 0 Å². The van der Waals surface area contributed by atoms with Crippen molar-refractivity contribution in [1.29, 1.82) is 0 Å². The van der Waals surface area contributed by atoms with Crippen molar-refractivity contribution in [3.8, 4) is 0 Å². The average molecular weight is 368 g/mol. The number of phosphoric acid groups is 2. The molecule has 11 nitrogen and oxygen atoms in total. The number of carbonyl (C=O) groups excluding carboxylic acids is 1. The topological polar surface area (TPSA) is 177 Å². The van der Waals surface area contributed by atoms with E-state index in [0.717, 1.165) is 0 Å². The Kier molecular flexibility index (Phi) is 7.83. The maximum Gasteiger partial charge on any atom is 0.488 e. The number of ketones is 1. The number of hydrogen-bond acceptors (Lipinski definition) is 7. The van der Waals surface area contributed by atoms with Gasteiger partial charge in [-0.2, -0.15) is 4.31 Å². The van der Waals surface area contributed by atoms with Crippen molar-refractivity contribution in [3.63, 3.8) is 0 Å². The van der Waals surface area contributed by atoms with Gasteiger partial charge in [0, 0.05) is 6.42 Å². The van der Waals surface area contributed by atoms with E-state index < -0.39 is 42.0 Å². The van der Waals surface area contributed by atoms with Crippen LogP contribution in [0.15, 0.2) is 12.2 Å². The molecule has 4 N–H and O–H groups in total. The fourth-order valence-electron chi connectivity index (χ4n) is 0.997. The summed E-state index contributed by atoms with van der Waals surface area (Å²) in [6.45, 7) is 4.48. The van der Waals surface area contributed by atoms with Gasteiger partial charge in [0.05, 0.1) is 0 Å². The summed E-state index contributed by atoms with van der Waals surface area (Å²) < 4.78 is 44.3. The third kappa shape index (κ3) is 12.1. The zero-order valence-corrected chi connectivity index (χ0v) is 13.5. The maximum atomic E-state index is 11.3. The molecule has 0 rings (SSSR count). The molecule has 124 valence electrons. The van der Waals surface area contributed by atoms with E-state index >= 15 is 0 Å². The summed E-state index contributed by atoms with van der Waals surface area (Å²) in [6, 6.07) is 0. The maximum absolute atomic E-state index is 11.3. The summed E-state index contributed by atoms with van der Waals surface area (Å²) >= 11 is 0. The molecule has 0 aromatic rings. The molecule has 0 aliphatic rings. The van der Waals surface area contributed by atoms with Crippen molar-refractivity contribution in [3.05, 3.63) is 12.2 Å². The van der Waals surface area contributed by atoms with Crippen LogP contribution in [0.5, 0.6) is 0 Å². The number of allylic oxidation sites excluding steroid dienone is 1. The molecule has 0 radical (unpaired) electrons. The molecule has 0 aromatic carbocycles. The first-order valence-electron chi connectivity index (χ1n) is 5.09. The molecule has 2 unspecified atom stereocenters. The van der Waals surface area contributed by atoms with E-state index in [0.29, 0.717) is 5.57 Å². The van der Waals surface area contributed by atoms with E-state index in [2.05, 4.69) is 19.9 Å². The van der Waals surface area contributed by atoms with Crippen LogP contribution >= 0.6 is 23.2 Å². The minimum Gasteiger partial charge on any atom is -0.361 e. The predicted octanol–water partition coefficient (Wildman–Crippen LogP) is 0.907. The normalized spacial score (nSPS) is 17.8. The second-order valence-corrected chi connectivity index (χ2v) is 8.67. The third-order valence-electron chi connectivity index (χ3n) is 1.46. The van der Waals surface area contributed by atoms with E-state index in [1.807, 2.05) is 0 Å². The van der Waals surface area contributed by atoms with Crippen molar-refractivity contribution in [2.75, 3.05) is 13.0 Å². The van der Waals surface area contributed by atoms with Crippen molar-refractivity contribution >= 4 is 29.0 Å². The molecule has 0 aliphatic carbocycles. The number of hydrogen-bond donors (Lipinski definition) is 4. The zero-order chi connectivity index (χ0) is 16.9. The predicted molar refractivity (Wildman–Crippen MR) is 69.1 cm³/mol. The summed E-state index contributed by atoms with van der Waals surface area (Å²) in [4.78, 5) is 45.8. The van der Waals surface area contributed by atoms with Crippen LogP contribution < -0.4 is 0 Å². The largest absolute Gasteiger partial charge is 0.488 e. The monoisotopic (exact) mass is 368 g/mol. The molecule has 0 aromatic heterocycles. The first-order valence-corrected chi connectivity index (χ1v) is 9.88. The lowest BCUT2D eigenvalue weighted by atomic mass is 10.2. The molecule has 0 saturated carbocycles. The summed E-state index contributed by atoms with van der Waals surface area (Å²) in [7, 11) is -15.8. The lowest BCUT2D eigenvalue weighted by Gasteiger charge is -2.16. The van der Waals surface area contributed by atoms with E-state index in [-0.39, 0.29) is 6.42 Å². The van der Waals surface area contributed by atoms with Gasteiger partial charge in [-0.15, -0.1) is 0 Å². The standard InChI is InChI=1S/C7H15O11P3/c1-6(2)3-7(8)4-16-5-19(9,10)17-21(14,15)18-20(11,12)13/h1,3-5H2,2H3,(H,9,10)(H,14,15)(H2,11,12,13). The summed E-state index contributed by atoms with van der Waals surface area (Å²) in [6.07, 6.45) is -1.17. The second kappa shape index (κ2) is 7.89. The Balaban J connectivity index is 4.41. The van der Waals surface area contributed by atoms with Crippen LogP contribution in [0.2, 0.25) is 0 Å². The highest BCUT2D eigenvalue weighted by Gasteiger charge is 2.39. The SMILES string of the molecule is C=C(C)CC(=O)COCP(=O)(O)OP(=O)(O)OP(=O)(O)O. The minimum absolute atomic E-state index is 0.0175. The first kappa shape index (κ1) is 20.8. The smallest absolute Gasteiger partial charge is 0.361 e. The van der Waals surface area contributed by atoms with Gasteiger partial charge in [-0.1, -0.05) is 12.2 Å². The molecule has 0 fully saturated rings. The van der Waals surface area contributed by atoms with Crippen LogP contribution in [0.3, 0.4) is 0 Å². The highest BCUT2D eigenvalue weighted by molar-refractivity contribution is 7.68. The summed E-state index contributed by atoms with van der Waals surface area (Å²) in [5, 5.41) is 0. The molecule has 0 saturated heterocycles. The lowest BCUT2D eigenvalue weighted by Crippen LogP contribution is -2.10. The van der Waals surface area contributed by atoms with Gasteiger partial charge < -0.3 is 24.3 Å². The molecular formula is C7H15O11P3. The molecule has 21 heavy (non-hydrogen) atoms. The Hall–Kier alpha value is -0.180. The van der Waals surface area contributed by atoms with Crippen LogP contribution in [0.4, 0.5) is 0 Å². The molecule has 0 aliphatic heterocycles. The lowest BCUT2D eigenvalue weighted by molar-refractivity contribution is -0.122. The van der Waals surface area contributed by atoms with Crippen LogP contribution in [-0.2, 0) is 31.8 Å². The molecule has 14 heteroatoms. The molecule has 0 bridgehead atoms. The zero-order valence-electron chi connectivity index (χ0n) is 10.8. The van der Waals surface area contributed by atoms with Crippen LogP contribution in [0.25, 0.3) is 0 Å². The number of carbonyl (C=O) groups is 1. The van der Waals surface area contributed by atoms with Crippen molar-refractivity contribution < 1.29 is 51.4 Å². The van der Waals surface area contributed by atoms with Gasteiger partial charge in [-0.3, -0.25) is 9.36 Å². The van der Waals surface area contributed by atoms with Crippen LogP contribution in [-0.4, -0.2) is 38.3 Å². The number of rotatable bonds is 10. The fourth-order valence-corrected chi connectivity index (χ4v) is 4.26. The fraction of sp³-hybridized carbons (Fsp3) is 0.571. The van der Waals surface area contributed by atoms with Crippen LogP contribution in [0, 0.1) is 0 Å². The quantitative estimate of drug-likeness (QED) is 0.318. The van der Waals surface area contributed by atoms with Gasteiger partial charge in [0.1, 0.15) is 13.0 Å². The Morgan fingerprint density at radius 1 is 1.10 bits per heavy atom. The Morgan fingerprint density at radius 3 is 2.05 bits per heavy atom. The molecule has 2 atom stereocenters. The van der Waals surface area contributed by atoms with Crippen molar-refractivity contribution in [1.82, 2.24) is 0 Å². The van der Waals surface area contributed by atoms with Crippen LogP contribution in [0.1, 0.15) is 13.3 Å². The number of Topliss-reactive ketones (excluding diaryl/α,β-unsaturated/α-hetero) is 1. The van der Waals surface area contributed by atoms with Crippen molar-refractivity contribution in [2.24, 2.45) is 0 Å². The molecular weight excluding hydrogens is 353 g/mol. The second-order valence-electron chi connectivity index (χ2n) is 3.91. The van der Waals surface area contributed by atoms with E-state index in [9.17, 15) is 18.5 Å². The van der Waals surface area contributed by atoms with Gasteiger partial charge in [-0.05, 0) is 6.92 Å². The summed E-state index contributed by atoms with van der Waals surface area (Å²) in [5.74, 6) is -0.457. The average Bonchev–Trinajstić information content (AvgIpc) is 2.08. The van der Waals surface area contributed by atoms with E-state index in [1.54, 1.807) is 6.92 Å². The summed E-state index contributed by atoms with van der Waals surface area (Å²) in [5.41, 5.74) is 0.543. The van der Waals surface area contributed by atoms with Gasteiger partial charge in [0.2, 0.25) is 0 Å². The van der Waals surface area contributed by atoms with Gasteiger partial charge >= 0.3 is 23.2 Å². The first-order chi connectivity index (χ1) is 9.22. The van der Waals surface area contributed by atoms with Gasteiger partial charge in [0.15, 0.2) is 5.78 Å². The minimum atomic E-state index is -5.48.